The largest absolute Gasteiger partial charge is 0.494 e. The summed E-state index contributed by atoms with van der Waals surface area (Å²) in [6, 6.07) is 7.11. The van der Waals surface area contributed by atoms with Crippen LogP contribution in [-0.2, 0) is 4.74 Å². The summed E-state index contributed by atoms with van der Waals surface area (Å²) in [6.45, 7) is 0.740. The van der Waals surface area contributed by atoms with E-state index in [1.807, 2.05) is 12.1 Å². The lowest BCUT2D eigenvalue weighted by Gasteiger charge is -2.07. The fourth-order valence-corrected chi connectivity index (χ4v) is 3.00. The molecule has 0 fully saturated rings. The second kappa shape index (κ2) is 14.3. The molecule has 0 aliphatic carbocycles. The zero-order chi connectivity index (χ0) is 17.5. The monoisotopic (exact) mass is 398 g/mol. The van der Waals surface area contributed by atoms with Gasteiger partial charge in [-0.15, -0.1) is 0 Å². The van der Waals surface area contributed by atoms with Gasteiger partial charge in [0, 0.05) is 5.33 Å². The minimum absolute atomic E-state index is 0.315. The van der Waals surface area contributed by atoms with E-state index in [-0.39, 0.29) is 5.97 Å². The molecule has 3 nitrogen and oxygen atoms in total. The van der Waals surface area contributed by atoms with E-state index >= 15 is 0 Å². The number of alkyl halides is 1. The maximum atomic E-state index is 11.3. The smallest absolute Gasteiger partial charge is 0.337 e. The van der Waals surface area contributed by atoms with Crippen LogP contribution in [0.1, 0.15) is 74.6 Å². The van der Waals surface area contributed by atoms with Gasteiger partial charge in [0.05, 0.1) is 19.3 Å². The average molecular weight is 399 g/mol. The minimum Gasteiger partial charge on any atom is -0.494 e. The van der Waals surface area contributed by atoms with Crippen molar-refractivity contribution in [3.05, 3.63) is 29.8 Å². The number of esters is 1. The first-order valence-corrected chi connectivity index (χ1v) is 10.3. The Bertz CT molecular complexity index is 431. The summed E-state index contributed by atoms with van der Waals surface area (Å²) in [5, 5.41) is 1.14. The Morgan fingerprint density at radius 3 is 1.83 bits per heavy atom. The van der Waals surface area contributed by atoms with E-state index in [0.29, 0.717) is 5.56 Å². The lowest BCUT2D eigenvalue weighted by atomic mass is 10.1. The molecule has 0 aromatic heterocycles. The maximum Gasteiger partial charge on any atom is 0.337 e. The quantitative estimate of drug-likeness (QED) is 0.214. The number of ether oxygens (including phenoxy) is 2. The Balaban J connectivity index is 1.94. The Morgan fingerprint density at radius 2 is 1.33 bits per heavy atom. The summed E-state index contributed by atoms with van der Waals surface area (Å²) in [4.78, 5) is 11.3. The van der Waals surface area contributed by atoms with Crippen LogP contribution in [0.25, 0.3) is 0 Å². The zero-order valence-corrected chi connectivity index (χ0v) is 16.5. The highest BCUT2D eigenvalue weighted by atomic mass is 79.9. The molecule has 0 spiro atoms. The molecule has 0 saturated carbocycles. The summed E-state index contributed by atoms with van der Waals surface area (Å²) in [7, 11) is 1.39. The van der Waals surface area contributed by atoms with Crippen molar-refractivity contribution >= 4 is 21.9 Å². The van der Waals surface area contributed by atoms with Crippen LogP contribution < -0.4 is 4.74 Å². The first kappa shape index (κ1) is 21.0. The van der Waals surface area contributed by atoms with Crippen LogP contribution in [0.15, 0.2) is 24.3 Å². The van der Waals surface area contributed by atoms with Gasteiger partial charge in [-0.25, -0.2) is 4.79 Å². The van der Waals surface area contributed by atoms with Gasteiger partial charge in [-0.1, -0.05) is 67.3 Å². The van der Waals surface area contributed by atoms with Crippen molar-refractivity contribution in [2.75, 3.05) is 19.0 Å². The second-order valence-corrected chi connectivity index (χ2v) is 6.88. The van der Waals surface area contributed by atoms with Gasteiger partial charge in [-0.05, 0) is 37.1 Å². The molecule has 0 saturated heterocycles. The Kier molecular flexibility index (Phi) is 12.5. The van der Waals surface area contributed by atoms with Gasteiger partial charge in [-0.3, -0.25) is 0 Å². The predicted octanol–water partition coefficient (Wildman–Crippen LogP) is 6.15. The molecule has 24 heavy (non-hydrogen) atoms. The molecule has 0 unspecified atom stereocenters. The number of hydrogen-bond donors (Lipinski definition) is 0. The Hall–Kier alpha value is -1.03. The SMILES string of the molecule is COC(=O)c1ccc(OCCCCCCCCCCCCBr)cc1. The maximum absolute atomic E-state index is 11.3. The van der Waals surface area contributed by atoms with Crippen molar-refractivity contribution < 1.29 is 14.3 Å². The van der Waals surface area contributed by atoms with E-state index in [1.54, 1.807) is 12.1 Å². The van der Waals surface area contributed by atoms with E-state index in [1.165, 1.54) is 64.9 Å². The van der Waals surface area contributed by atoms with Crippen LogP contribution in [0.5, 0.6) is 5.75 Å². The predicted molar refractivity (Wildman–Crippen MR) is 103 cm³/mol. The normalized spacial score (nSPS) is 10.6. The molecule has 0 N–H and O–H groups in total. The van der Waals surface area contributed by atoms with Crippen LogP contribution in [0.2, 0.25) is 0 Å². The lowest BCUT2D eigenvalue weighted by molar-refractivity contribution is 0.0600. The van der Waals surface area contributed by atoms with E-state index in [4.69, 9.17) is 4.74 Å². The number of unbranched alkanes of at least 4 members (excludes halogenated alkanes) is 9. The van der Waals surface area contributed by atoms with E-state index in [2.05, 4.69) is 20.7 Å². The molecule has 1 aromatic rings. The standard InChI is InChI=1S/C20H31BrO3/c1-23-20(22)18-12-14-19(15-13-18)24-17-11-9-7-5-3-2-4-6-8-10-16-21/h12-15H,2-11,16-17H2,1H3. The van der Waals surface area contributed by atoms with Crippen molar-refractivity contribution in [1.29, 1.82) is 0 Å². The van der Waals surface area contributed by atoms with Crippen LogP contribution in [0.3, 0.4) is 0 Å². The fraction of sp³-hybridized carbons (Fsp3) is 0.650. The third kappa shape index (κ3) is 9.96. The molecule has 0 radical (unpaired) electrons. The van der Waals surface area contributed by atoms with Crippen LogP contribution >= 0.6 is 15.9 Å². The number of hydrogen-bond acceptors (Lipinski definition) is 3. The summed E-state index contributed by atoms with van der Waals surface area (Å²) in [5.41, 5.74) is 0.553. The molecule has 1 aromatic carbocycles. The van der Waals surface area contributed by atoms with Crippen molar-refractivity contribution in [3.8, 4) is 5.75 Å². The highest BCUT2D eigenvalue weighted by Gasteiger charge is 2.04. The molecule has 4 heteroatoms. The molecule has 1 rings (SSSR count). The highest BCUT2D eigenvalue weighted by molar-refractivity contribution is 9.09. The summed E-state index contributed by atoms with van der Waals surface area (Å²) >= 11 is 3.47. The first-order valence-electron chi connectivity index (χ1n) is 9.15. The number of methoxy groups -OCH3 is 1. The fourth-order valence-electron chi connectivity index (χ4n) is 2.61. The third-order valence-corrected chi connectivity index (χ3v) is 4.63. The van der Waals surface area contributed by atoms with Gasteiger partial charge < -0.3 is 9.47 Å². The molecule has 0 atom stereocenters. The van der Waals surface area contributed by atoms with Crippen molar-refractivity contribution in [2.24, 2.45) is 0 Å². The molecule has 136 valence electrons. The molecular formula is C20H31BrO3. The summed E-state index contributed by atoms with van der Waals surface area (Å²) in [6.07, 6.45) is 13.1. The third-order valence-electron chi connectivity index (χ3n) is 4.07. The zero-order valence-electron chi connectivity index (χ0n) is 14.9. The number of carbonyl (C=O) groups is 1. The van der Waals surface area contributed by atoms with E-state index in [9.17, 15) is 4.79 Å². The van der Waals surface area contributed by atoms with Crippen LogP contribution in [0, 0.1) is 0 Å². The summed E-state index contributed by atoms with van der Waals surface area (Å²) in [5.74, 6) is 0.496. The second-order valence-electron chi connectivity index (χ2n) is 6.09. The number of halogens is 1. The van der Waals surface area contributed by atoms with Gasteiger partial charge in [0.2, 0.25) is 0 Å². The molecular weight excluding hydrogens is 368 g/mol. The van der Waals surface area contributed by atoms with Crippen molar-refractivity contribution in [1.82, 2.24) is 0 Å². The molecule has 0 amide bonds. The van der Waals surface area contributed by atoms with E-state index < -0.39 is 0 Å². The average Bonchev–Trinajstić information content (AvgIpc) is 2.62. The molecule has 0 heterocycles. The van der Waals surface area contributed by atoms with Crippen molar-refractivity contribution in [3.63, 3.8) is 0 Å². The molecule has 0 bridgehead atoms. The summed E-state index contributed by atoms with van der Waals surface area (Å²) < 4.78 is 10.4. The van der Waals surface area contributed by atoms with Gasteiger partial charge >= 0.3 is 5.97 Å². The van der Waals surface area contributed by atoms with Gasteiger partial charge in [0.25, 0.3) is 0 Å². The highest BCUT2D eigenvalue weighted by Crippen LogP contribution is 2.14. The Morgan fingerprint density at radius 1 is 0.833 bits per heavy atom. The Labute approximate surface area is 155 Å². The number of rotatable bonds is 14. The van der Waals surface area contributed by atoms with Crippen LogP contribution in [-0.4, -0.2) is 25.0 Å². The number of carbonyl (C=O) groups excluding carboxylic acids is 1. The van der Waals surface area contributed by atoms with Crippen molar-refractivity contribution in [2.45, 2.75) is 64.2 Å². The van der Waals surface area contributed by atoms with E-state index in [0.717, 1.165) is 24.1 Å². The lowest BCUT2D eigenvalue weighted by Crippen LogP contribution is -2.01. The topological polar surface area (TPSA) is 35.5 Å². The van der Waals surface area contributed by atoms with Gasteiger partial charge in [0.15, 0.2) is 0 Å². The number of benzene rings is 1. The first-order chi connectivity index (χ1) is 11.8. The van der Waals surface area contributed by atoms with Gasteiger partial charge in [0.1, 0.15) is 5.75 Å². The van der Waals surface area contributed by atoms with Gasteiger partial charge in [-0.2, -0.15) is 0 Å². The van der Waals surface area contributed by atoms with Crippen LogP contribution in [0.4, 0.5) is 0 Å². The molecule has 0 aliphatic heterocycles. The molecule has 0 aliphatic rings. The minimum atomic E-state index is -0.315.